The van der Waals surface area contributed by atoms with Gasteiger partial charge in [-0.3, -0.25) is 5.41 Å². The number of hydrogen-bond acceptors (Lipinski definition) is 4. The van der Waals surface area contributed by atoms with Crippen LogP contribution in [0, 0.1) is 11.2 Å². The highest BCUT2D eigenvalue weighted by atomic mass is 32.1. The predicted octanol–water partition coefficient (Wildman–Crippen LogP) is 4.71. The monoisotopic (exact) mass is 365 g/mol. The van der Waals surface area contributed by atoms with Crippen LogP contribution in [-0.2, 0) is 6.54 Å². The fourth-order valence-electron chi connectivity index (χ4n) is 2.93. The summed E-state index contributed by atoms with van der Waals surface area (Å²) in [6.45, 7) is 0.690. The van der Waals surface area contributed by atoms with E-state index >= 15 is 0 Å². The van der Waals surface area contributed by atoms with Gasteiger partial charge in [0.1, 0.15) is 22.4 Å². The summed E-state index contributed by atoms with van der Waals surface area (Å²) in [6.07, 6.45) is 0. The third-order valence-corrected chi connectivity index (χ3v) is 5.12. The lowest BCUT2D eigenvalue weighted by Crippen LogP contribution is -2.26. The van der Waals surface area contributed by atoms with Crippen molar-refractivity contribution in [2.24, 2.45) is 0 Å². The number of halogens is 1. The molecule has 2 aromatic carbocycles. The molecule has 0 amide bonds. The number of hydrogen-bond donors (Lipinski definition) is 2. The summed E-state index contributed by atoms with van der Waals surface area (Å²) in [6, 6.07) is 16.0. The first-order chi connectivity index (χ1) is 12.6. The van der Waals surface area contributed by atoms with Crippen LogP contribution in [0.2, 0.25) is 0 Å². The molecular weight excluding hydrogens is 349 g/mol. The zero-order valence-corrected chi connectivity index (χ0v) is 14.6. The van der Waals surface area contributed by atoms with Gasteiger partial charge in [-0.05, 0) is 17.7 Å². The lowest BCUT2D eigenvalue weighted by atomic mass is 10.2. The van der Waals surface area contributed by atoms with Crippen LogP contribution in [0.1, 0.15) is 10.6 Å². The van der Waals surface area contributed by atoms with E-state index < -0.39 is 0 Å². The summed E-state index contributed by atoms with van der Waals surface area (Å²) < 4.78 is 13.1. The van der Waals surface area contributed by atoms with Crippen molar-refractivity contribution < 1.29 is 9.50 Å². The molecule has 0 unspecified atom stereocenters. The molecule has 0 aliphatic carbocycles. The molecule has 1 aliphatic rings. The van der Waals surface area contributed by atoms with Crippen LogP contribution in [0.15, 0.2) is 65.7 Å². The molecule has 130 valence electrons. The summed E-state index contributed by atoms with van der Waals surface area (Å²) in [4.78, 5) is 6.35. The molecule has 1 aromatic heterocycles. The van der Waals surface area contributed by atoms with E-state index in [1.165, 1.54) is 23.5 Å². The lowest BCUT2D eigenvalue weighted by molar-refractivity contribution is 0.347. The Kier molecular flexibility index (Phi) is 4.26. The van der Waals surface area contributed by atoms with E-state index in [-0.39, 0.29) is 24.0 Å². The number of rotatable bonds is 4. The van der Waals surface area contributed by atoms with E-state index in [1.54, 1.807) is 17.0 Å². The van der Waals surface area contributed by atoms with Crippen LogP contribution in [0.3, 0.4) is 0 Å². The van der Waals surface area contributed by atoms with Gasteiger partial charge in [-0.1, -0.05) is 42.5 Å². The van der Waals surface area contributed by atoms with Crippen molar-refractivity contribution in [2.45, 2.75) is 6.54 Å². The maximum atomic E-state index is 13.1. The molecule has 0 spiro atoms. The molecule has 3 aromatic rings. The second kappa shape index (κ2) is 6.72. The van der Waals surface area contributed by atoms with Crippen molar-refractivity contribution in [3.8, 4) is 11.3 Å². The molecule has 4 rings (SSSR count). The van der Waals surface area contributed by atoms with Crippen LogP contribution in [-0.4, -0.2) is 27.4 Å². The largest absolute Gasteiger partial charge is 0.510 e. The molecule has 0 saturated carbocycles. The number of nitrogens with one attached hydrogen (secondary N) is 1. The zero-order chi connectivity index (χ0) is 18.1. The first-order valence-electron chi connectivity index (χ1n) is 8.13. The molecular formula is C20H16FN3OS. The standard InChI is InChI=1S/C20H16FN3OS/c21-15-8-6-13(7-9-15)10-24-11-17(25)18(19(24)22)20-23-16(12-26-20)14-4-2-1-3-5-14/h1-9,12,22,25H,10-11H2. The number of nitrogens with zero attached hydrogens (tertiary/aromatic N) is 2. The van der Waals surface area contributed by atoms with E-state index in [4.69, 9.17) is 5.41 Å². The molecule has 0 radical (unpaired) electrons. The van der Waals surface area contributed by atoms with Crippen molar-refractivity contribution in [1.29, 1.82) is 5.41 Å². The Labute approximate surface area is 154 Å². The third-order valence-electron chi connectivity index (χ3n) is 4.26. The van der Waals surface area contributed by atoms with E-state index in [0.29, 0.717) is 17.1 Å². The van der Waals surface area contributed by atoms with Crippen molar-refractivity contribution >= 4 is 22.7 Å². The fraction of sp³-hybridized carbons (Fsp3) is 0.100. The van der Waals surface area contributed by atoms with Gasteiger partial charge in [0.05, 0.1) is 17.8 Å². The Morgan fingerprint density at radius 2 is 1.85 bits per heavy atom. The van der Waals surface area contributed by atoms with E-state index in [9.17, 15) is 9.50 Å². The molecule has 1 aliphatic heterocycles. The average Bonchev–Trinajstić information content (AvgIpc) is 3.23. The van der Waals surface area contributed by atoms with E-state index in [1.807, 2.05) is 35.7 Å². The highest BCUT2D eigenvalue weighted by Gasteiger charge is 2.30. The first-order valence-corrected chi connectivity index (χ1v) is 9.01. The molecule has 2 heterocycles. The molecule has 6 heteroatoms. The molecule has 2 N–H and O–H groups in total. The van der Waals surface area contributed by atoms with Gasteiger partial charge in [0.25, 0.3) is 0 Å². The van der Waals surface area contributed by atoms with Gasteiger partial charge in [0.15, 0.2) is 0 Å². The summed E-state index contributed by atoms with van der Waals surface area (Å²) in [5, 5.41) is 21.4. The maximum Gasteiger partial charge on any atom is 0.135 e. The van der Waals surface area contributed by atoms with Gasteiger partial charge in [0.2, 0.25) is 0 Å². The van der Waals surface area contributed by atoms with Crippen molar-refractivity contribution in [1.82, 2.24) is 9.88 Å². The number of aliphatic hydroxyl groups excluding tert-OH is 1. The molecule has 0 atom stereocenters. The molecule has 0 saturated heterocycles. The quantitative estimate of drug-likeness (QED) is 0.704. The lowest BCUT2D eigenvalue weighted by Gasteiger charge is -2.18. The average molecular weight is 365 g/mol. The van der Waals surface area contributed by atoms with Crippen LogP contribution in [0.5, 0.6) is 0 Å². The van der Waals surface area contributed by atoms with Gasteiger partial charge in [-0.15, -0.1) is 11.3 Å². The SMILES string of the molecule is N=C1C(c2nc(-c3ccccc3)cs2)=C(O)CN1Cc1ccc(F)cc1. The Morgan fingerprint density at radius 3 is 2.58 bits per heavy atom. The van der Waals surface area contributed by atoms with Crippen LogP contribution < -0.4 is 0 Å². The Bertz CT molecular complexity index is 980. The summed E-state index contributed by atoms with van der Waals surface area (Å²) in [7, 11) is 0. The van der Waals surface area contributed by atoms with Crippen molar-refractivity contribution in [3.63, 3.8) is 0 Å². The van der Waals surface area contributed by atoms with E-state index in [2.05, 4.69) is 4.98 Å². The molecule has 26 heavy (non-hydrogen) atoms. The van der Waals surface area contributed by atoms with Crippen molar-refractivity contribution in [2.75, 3.05) is 6.54 Å². The topological polar surface area (TPSA) is 60.2 Å². The van der Waals surface area contributed by atoms with E-state index in [0.717, 1.165) is 16.8 Å². The maximum absolute atomic E-state index is 13.1. The van der Waals surface area contributed by atoms with Crippen LogP contribution in [0.25, 0.3) is 16.8 Å². The fourth-order valence-corrected chi connectivity index (χ4v) is 3.83. The first kappa shape index (κ1) is 16.5. The molecule has 0 bridgehead atoms. The second-order valence-electron chi connectivity index (χ2n) is 6.06. The number of benzene rings is 2. The Balaban J connectivity index is 1.56. The minimum Gasteiger partial charge on any atom is -0.510 e. The van der Waals surface area contributed by atoms with Gasteiger partial charge in [-0.2, -0.15) is 0 Å². The summed E-state index contributed by atoms with van der Waals surface area (Å²) >= 11 is 1.41. The molecule has 4 nitrogen and oxygen atoms in total. The number of aromatic nitrogens is 1. The number of amidine groups is 1. The van der Waals surface area contributed by atoms with Crippen molar-refractivity contribution in [3.05, 3.63) is 82.1 Å². The minimum atomic E-state index is -0.289. The Morgan fingerprint density at radius 1 is 1.12 bits per heavy atom. The zero-order valence-electron chi connectivity index (χ0n) is 13.8. The normalized spacial score (nSPS) is 14.3. The summed E-state index contributed by atoms with van der Waals surface area (Å²) in [5.74, 6) is 0.0926. The van der Waals surface area contributed by atoms with Gasteiger partial charge >= 0.3 is 0 Å². The smallest absolute Gasteiger partial charge is 0.135 e. The number of thiazole rings is 1. The number of aliphatic hydroxyl groups is 1. The third kappa shape index (κ3) is 3.11. The highest BCUT2D eigenvalue weighted by Crippen LogP contribution is 2.32. The van der Waals surface area contributed by atoms with Gasteiger partial charge in [-0.25, -0.2) is 9.37 Å². The second-order valence-corrected chi connectivity index (χ2v) is 6.91. The van der Waals surface area contributed by atoms with Gasteiger partial charge < -0.3 is 10.0 Å². The predicted molar refractivity (Wildman–Crippen MR) is 102 cm³/mol. The van der Waals surface area contributed by atoms with Crippen LogP contribution >= 0.6 is 11.3 Å². The van der Waals surface area contributed by atoms with Crippen LogP contribution in [0.4, 0.5) is 4.39 Å². The Hall–Kier alpha value is -2.99. The summed E-state index contributed by atoms with van der Waals surface area (Å²) in [5.41, 5.74) is 3.19. The van der Waals surface area contributed by atoms with Gasteiger partial charge in [0, 0.05) is 17.5 Å². The molecule has 0 fully saturated rings. The highest BCUT2D eigenvalue weighted by molar-refractivity contribution is 7.11. The minimum absolute atomic E-state index is 0.145.